The number of carbonyl (C=O) groups is 1. The predicted octanol–water partition coefficient (Wildman–Crippen LogP) is 1.60. The summed E-state index contributed by atoms with van der Waals surface area (Å²) in [5.41, 5.74) is 2.81. The van der Waals surface area contributed by atoms with Gasteiger partial charge in [-0.25, -0.2) is 4.52 Å². The van der Waals surface area contributed by atoms with Crippen LogP contribution in [0.3, 0.4) is 0 Å². The van der Waals surface area contributed by atoms with E-state index in [0.717, 1.165) is 16.8 Å². The molecule has 72 valence electrons. The molecule has 0 spiro atoms. The fourth-order valence-corrected chi connectivity index (χ4v) is 1.44. The molecule has 0 atom stereocenters. The van der Waals surface area contributed by atoms with E-state index in [4.69, 9.17) is 0 Å². The highest BCUT2D eigenvalue weighted by Crippen LogP contribution is 2.18. The monoisotopic (exact) mass is 189 g/mol. The summed E-state index contributed by atoms with van der Waals surface area (Å²) in [7, 11) is 0. The summed E-state index contributed by atoms with van der Waals surface area (Å²) >= 11 is 0. The van der Waals surface area contributed by atoms with Crippen LogP contribution in [0.1, 0.15) is 12.5 Å². The standard InChI is InChI=1S/C10H11N3O/c1-7-9(12-8(2)14)6-11-13-5-3-4-10(7)13/h3-6H,1-2H3,(H,12,14). The number of nitrogens with zero attached hydrogens (tertiary/aromatic N) is 2. The summed E-state index contributed by atoms with van der Waals surface area (Å²) in [6.45, 7) is 3.45. The first-order valence-corrected chi connectivity index (χ1v) is 4.39. The Labute approximate surface area is 81.5 Å². The van der Waals surface area contributed by atoms with Crippen LogP contribution in [0.2, 0.25) is 0 Å². The zero-order chi connectivity index (χ0) is 10.1. The Kier molecular flexibility index (Phi) is 1.96. The number of aryl methyl sites for hydroxylation is 1. The van der Waals surface area contributed by atoms with Gasteiger partial charge in [0, 0.05) is 13.1 Å². The highest BCUT2D eigenvalue weighted by molar-refractivity contribution is 5.90. The van der Waals surface area contributed by atoms with E-state index in [-0.39, 0.29) is 5.91 Å². The molecule has 14 heavy (non-hydrogen) atoms. The largest absolute Gasteiger partial charge is 0.325 e. The lowest BCUT2D eigenvalue weighted by atomic mass is 10.2. The molecule has 1 amide bonds. The molecule has 0 fully saturated rings. The summed E-state index contributed by atoms with van der Waals surface area (Å²) in [6, 6.07) is 3.89. The van der Waals surface area contributed by atoms with Gasteiger partial charge in [-0.05, 0) is 24.6 Å². The normalized spacial score (nSPS) is 10.4. The second-order valence-corrected chi connectivity index (χ2v) is 3.20. The van der Waals surface area contributed by atoms with E-state index in [2.05, 4.69) is 10.4 Å². The molecule has 4 nitrogen and oxygen atoms in total. The lowest BCUT2D eigenvalue weighted by Crippen LogP contribution is -2.08. The molecule has 1 N–H and O–H groups in total. The minimum atomic E-state index is -0.0780. The highest BCUT2D eigenvalue weighted by Gasteiger charge is 2.04. The van der Waals surface area contributed by atoms with Gasteiger partial charge in [-0.15, -0.1) is 0 Å². The Balaban J connectivity index is 2.56. The molecule has 0 aliphatic heterocycles. The first-order chi connectivity index (χ1) is 6.68. The van der Waals surface area contributed by atoms with Gasteiger partial charge in [-0.2, -0.15) is 5.10 Å². The van der Waals surface area contributed by atoms with E-state index in [1.165, 1.54) is 6.92 Å². The zero-order valence-electron chi connectivity index (χ0n) is 8.11. The maximum atomic E-state index is 10.9. The second-order valence-electron chi connectivity index (χ2n) is 3.20. The molecule has 4 heteroatoms. The Morgan fingerprint density at radius 3 is 3.07 bits per heavy atom. The molecule has 2 aromatic rings. The molecule has 2 rings (SSSR count). The number of carbonyl (C=O) groups excluding carboxylic acids is 1. The smallest absolute Gasteiger partial charge is 0.221 e. The molecule has 0 aromatic carbocycles. The van der Waals surface area contributed by atoms with Gasteiger partial charge >= 0.3 is 0 Å². The number of rotatable bonds is 1. The van der Waals surface area contributed by atoms with Crippen LogP contribution in [-0.2, 0) is 4.79 Å². The first kappa shape index (κ1) is 8.74. The van der Waals surface area contributed by atoms with Crippen LogP contribution in [0.4, 0.5) is 5.69 Å². The first-order valence-electron chi connectivity index (χ1n) is 4.39. The molecule has 0 saturated heterocycles. The van der Waals surface area contributed by atoms with E-state index in [0.29, 0.717) is 0 Å². The van der Waals surface area contributed by atoms with Crippen molar-refractivity contribution in [3.63, 3.8) is 0 Å². The van der Waals surface area contributed by atoms with Crippen molar-refractivity contribution in [2.45, 2.75) is 13.8 Å². The Morgan fingerprint density at radius 1 is 1.57 bits per heavy atom. The molecule has 0 unspecified atom stereocenters. The molecule has 0 aliphatic rings. The lowest BCUT2D eigenvalue weighted by Gasteiger charge is -2.06. The van der Waals surface area contributed by atoms with Gasteiger partial charge in [0.25, 0.3) is 0 Å². The number of anilines is 1. The minimum absolute atomic E-state index is 0.0780. The number of hydrogen-bond donors (Lipinski definition) is 1. The summed E-state index contributed by atoms with van der Waals surface area (Å²) in [5.74, 6) is -0.0780. The second kappa shape index (κ2) is 3.14. The predicted molar refractivity (Wildman–Crippen MR) is 54.2 cm³/mol. The molecule has 0 bridgehead atoms. The average Bonchev–Trinajstić information content (AvgIpc) is 2.57. The highest BCUT2D eigenvalue weighted by atomic mass is 16.1. The van der Waals surface area contributed by atoms with Crippen molar-refractivity contribution in [1.29, 1.82) is 0 Å². The molecule has 0 aliphatic carbocycles. The third-order valence-corrected chi connectivity index (χ3v) is 2.14. The number of nitrogens with one attached hydrogen (secondary N) is 1. The molecular weight excluding hydrogens is 178 g/mol. The molecule has 0 saturated carbocycles. The van der Waals surface area contributed by atoms with E-state index >= 15 is 0 Å². The van der Waals surface area contributed by atoms with Crippen molar-refractivity contribution in [3.8, 4) is 0 Å². The van der Waals surface area contributed by atoms with Gasteiger partial charge in [0.05, 0.1) is 17.4 Å². The molecule has 2 heterocycles. The lowest BCUT2D eigenvalue weighted by molar-refractivity contribution is -0.114. The maximum absolute atomic E-state index is 10.9. The summed E-state index contributed by atoms with van der Waals surface area (Å²) in [5, 5.41) is 6.90. The van der Waals surface area contributed by atoms with Gasteiger partial charge in [0.15, 0.2) is 0 Å². The molecule has 2 aromatic heterocycles. The Bertz CT molecular complexity index is 487. The SMILES string of the molecule is CC(=O)Nc1cnn2cccc2c1C. The quantitative estimate of drug-likeness (QED) is 0.740. The van der Waals surface area contributed by atoms with Crippen LogP contribution < -0.4 is 5.32 Å². The van der Waals surface area contributed by atoms with Gasteiger partial charge < -0.3 is 5.32 Å². The van der Waals surface area contributed by atoms with Crippen LogP contribution in [-0.4, -0.2) is 15.5 Å². The van der Waals surface area contributed by atoms with E-state index in [1.54, 1.807) is 10.7 Å². The summed E-state index contributed by atoms with van der Waals surface area (Å²) in [4.78, 5) is 10.9. The van der Waals surface area contributed by atoms with Crippen LogP contribution in [0.25, 0.3) is 5.52 Å². The third-order valence-electron chi connectivity index (χ3n) is 2.14. The van der Waals surface area contributed by atoms with Crippen LogP contribution in [0.15, 0.2) is 24.5 Å². The van der Waals surface area contributed by atoms with Crippen molar-refractivity contribution in [3.05, 3.63) is 30.1 Å². The van der Waals surface area contributed by atoms with Crippen LogP contribution in [0, 0.1) is 6.92 Å². The van der Waals surface area contributed by atoms with Crippen molar-refractivity contribution in [1.82, 2.24) is 9.61 Å². The summed E-state index contributed by atoms with van der Waals surface area (Å²) in [6.07, 6.45) is 3.53. The fraction of sp³-hybridized carbons (Fsp3) is 0.200. The van der Waals surface area contributed by atoms with Gasteiger partial charge in [-0.1, -0.05) is 0 Å². The average molecular weight is 189 g/mol. The number of amides is 1. The van der Waals surface area contributed by atoms with E-state index in [9.17, 15) is 4.79 Å². The van der Waals surface area contributed by atoms with Crippen LogP contribution in [0.5, 0.6) is 0 Å². The van der Waals surface area contributed by atoms with Gasteiger partial charge in [-0.3, -0.25) is 4.79 Å². The fourth-order valence-electron chi connectivity index (χ4n) is 1.44. The van der Waals surface area contributed by atoms with Crippen molar-refractivity contribution >= 4 is 17.1 Å². The Hall–Kier alpha value is -1.84. The zero-order valence-corrected chi connectivity index (χ0v) is 8.11. The topological polar surface area (TPSA) is 46.4 Å². The van der Waals surface area contributed by atoms with Crippen LogP contribution >= 0.6 is 0 Å². The maximum Gasteiger partial charge on any atom is 0.221 e. The summed E-state index contributed by atoms with van der Waals surface area (Å²) < 4.78 is 1.78. The van der Waals surface area contributed by atoms with Gasteiger partial charge in [0.2, 0.25) is 5.91 Å². The Morgan fingerprint density at radius 2 is 2.36 bits per heavy atom. The minimum Gasteiger partial charge on any atom is -0.325 e. The molecule has 0 radical (unpaired) electrons. The molecular formula is C10H11N3O. The number of fused-ring (bicyclic) bond motifs is 1. The van der Waals surface area contributed by atoms with Crippen molar-refractivity contribution in [2.24, 2.45) is 0 Å². The van der Waals surface area contributed by atoms with Crippen molar-refractivity contribution in [2.75, 3.05) is 5.32 Å². The third kappa shape index (κ3) is 1.35. The van der Waals surface area contributed by atoms with E-state index < -0.39 is 0 Å². The number of hydrogen-bond acceptors (Lipinski definition) is 2. The van der Waals surface area contributed by atoms with E-state index in [1.807, 2.05) is 25.3 Å². The van der Waals surface area contributed by atoms with Gasteiger partial charge in [0.1, 0.15) is 0 Å². The number of aromatic nitrogens is 2. The van der Waals surface area contributed by atoms with Crippen molar-refractivity contribution < 1.29 is 4.79 Å².